The lowest BCUT2D eigenvalue weighted by molar-refractivity contribution is 0.438. The van der Waals surface area contributed by atoms with Crippen molar-refractivity contribution in [1.82, 2.24) is 4.98 Å². The number of hydrogen-bond acceptors (Lipinski definition) is 6. The van der Waals surface area contributed by atoms with Crippen molar-refractivity contribution < 1.29 is 13.9 Å². The number of aromatic nitrogens is 1. The Balaban J connectivity index is 1.78. The molecule has 31 heavy (non-hydrogen) atoms. The molecule has 0 fully saturated rings. The van der Waals surface area contributed by atoms with Crippen LogP contribution in [-0.4, -0.2) is 16.8 Å². The van der Waals surface area contributed by atoms with Gasteiger partial charge in [0.1, 0.15) is 5.75 Å². The number of pyridine rings is 1. The summed E-state index contributed by atoms with van der Waals surface area (Å²) in [4.78, 5) is 4.07. The number of aryl methyl sites for hydroxylation is 1. The highest BCUT2D eigenvalue weighted by molar-refractivity contribution is 6.32. The summed E-state index contributed by atoms with van der Waals surface area (Å²) in [5, 5.41) is 25.3. The van der Waals surface area contributed by atoms with Crippen LogP contribution in [0.1, 0.15) is 22.4 Å². The molecule has 0 aliphatic carbocycles. The van der Waals surface area contributed by atoms with Crippen LogP contribution in [0.2, 0.25) is 10.0 Å². The van der Waals surface area contributed by atoms with Gasteiger partial charge in [-0.25, -0.2) is 4.39 Å². The Morgan fingerprint density at radius 3 is 2.61 bits per heavy atom. The first kappa shape index (κ1) is 22.2. The summed E-state index contributed by atoms with van der Waals surface area (Å²) in [6.07, 6.45) is 1.22. The fourth-order valence-corrected chi connectivity index (χ4v) is 3.01. The molecule has 0 unspecified atom stereocenters. The first-order valence-corrected chi connectivity index (χ1v) is 9.64. The molecule has 2 aromatic carbocycles. The SMILES string of the molecule is Cc1ccc(C(=N)OC(=N)Cc2ccc(Cl)c(Oc3cc(Cl)cc(C#N)c3)c2F)cn1. The minimum absolute atomic E-state index is 0.00524. The zero-order valence-corrected chi connectivity index (χ0v) is 17.7. The minimum atomic E-state index is -0.789. The van der Waals surface area contributed by atoms with Crippen molar-refractivity contribution in [3.63, 3.8) is 0 Å². The highest BCUT2D eigenvalue weighted by Gasteiger charge is 2.18. The van der Waals surface area contributed by atoms with E-state index in [-0.39, 0.29) is 50.9 Å². The third-order valence-electron chi connectivity index (χ3n) is 4.10. The topological polar surface area (TPSA) is 103 Å². The highest BCUT2D eigenvalue weighted by Crippen LogP contribution is 2.35. The van der Waals surface area contributed by atoms with Crippen molar-refractivity contribution in [3.05, 3.63) is 86.9 Å². The van der Waals surface area contributed by atoms with Gasteiger partial charge >= 0.3 is 0 Å². The number of nitriles is 1. The molecule has 1 heterocycles. The average molecular weight is 457 g/mol. The second-order valence-corrected chi connectivity index (χ2v) is 7.30. The van der Waals surface area contributed by atoms with Gasteiger partial charge in [0.05, 0.1) is 28.6 Å². The third kappa shape index (κ3) is 5.57. The van der Waals surface area contributed by atoms with E-state index in [9.17, 15) is 0 Å². The first-order valence-electron chi connectivity index (χ1n) is 8.89. The van der Waals surface area contributed by atoms with Crippen LogP contribution in [-0.2, 0) is 11.2 Å². The van der Waals surface area contributed by atoms with Crippen molar-refractivity contribution >= 4 is 35.0 Å². The molecule has 0 aliphatic heterocycles. The monoisotopic (exact) mass is 456 g/mol. The summed E-state index contributed by atoms with van der Waals surface area (Å²) in [6, 6.07) is 12.4. The lowest BCUT2D eigenvalue weighted by atomic mass is 10.1. The molecule has 0 radical (unpaired) electrons. The number of halogens is 3. The predicted molar refractivity (Wildman–Crippen MR) is 116 cm³/mol. The first-order chi connectivity index (χ1) is 14.8. The summed E-state index contributed by atoms with van der Waals surface area (Å²) < 4.78 is 25.8. The van der Waals surface area contributed by atoms with Gasteiger partial charge in [0.25, 0.3) is 0 Å². The van der Waals surface area contributed by atoms with E-state index in [2.05, 4.69) is 4.98 Å². The molecule has 0 saturated carbocycles. The number of nitrogens with one attached hydrogen (secondary N) is 2. The molecule has 0 saturated heterocycles. The molecule has 156 valence electrons. The summed E-state index contributed by atoms with van der Waals surface area (Å²) >= 11 is 12.0. The number of rotatable bonds is 5. The van der Waals surface area contributed by atoms with Gasteiger partial charge in [0.15, 0.2) is 17.5 Å². The van der Waals surface area contributed by atoms with E-state index in [1.54, 1.807) is 12.1 Å². The van der Waals surface area contributed by atoms with Gasteiger partial charge in [0.2, 0.25) is 5.90 Å². The maximum Gasteiger partial charge on any atom is 0.222 e. The maximum absolute atomic E-state index is 15.0. The summed E-state index contributed by atoms with van der Waals surface area (Å²) in [6.45, 7) is 1.81. The summed E-state index contributed by atoms with van der Waals surface area (Å²) in [7, 11) is 0. The molecule has 0 amide bonds. The van der Waals surface area contributed by atoms with Crippen LogP contribution < -0.4 is 4.74 Å². The Morgan fingerprint density at radius 2 is 1.94 bits per heavy atom. The second-order valence-electron chi connectivity index (χ2n) is 6.46. The quantitative estimate of drug-likeness (QED) is 0.359. The Morgan fingerprint density at radius 1 is 1.16 bits per heavy atom. The molecule has 0 bridgehead atoms. The lowest BCUT2D eigenvalue weighted by Gasteiger charge is -2.13. The van der Waals surface area contributed by atoms with E-state index in [1.807, 2.05) is 13.0 Å². The average Bonchev–Trinajstić information content (AvgIpc) is 2.73. The third-order valence-corrected chi connectivity index (χ3v) is 4.62. The molecule has 0 atom stereocenters. The second kappa shape index (κ2) is 9.56. The van der Waals surface area contributed by atoms with E-state index in [0.29, 0.717) is 5.56 Å². The molecule has 0 aliphatic rings. The molecular formula is C22H15Cl2FN4O2. The van der Waals surface area contributed by atoms with Crippen LogP contribution in [0.4, 0.5) is 4.39 Å². The fourth-order valence-electron chi connectivity index (χ4n) is 2.60. The van der Waals surface area contributed by atoms with Gasteiger partial charge in [-0.05, 0) is 43.3 Å². The number of hydrogen-bond donors (Lipinski definition) is 2. The molecule has 2 N–H and O–H groups in total. The Labute approximate surface area is 187 Å². The largest absolute Gasteiger partial charge is 0.453 e. The van der Waals surface area contributed by atoms with Crippen LogP contribution in [0.5, 0.6) is 11.5 Å². The van der Waals surface area contributed by atoms with Crippen LogP contribution in [0.25, 0.3) is 0 Å². The van der Waals surface area contributed by atoms with Gasteiger partial charge in [-0.3, -0.25) is 15.8 Å². The summed E-state index contributed by atoms with van der Waals surface area (Å²) in [5.74, 6) is -1.53. The Hall–Kier alpha value is -3.47. The van der Waals surface area contributed by atoms with E-state index in [0.717, 1.165) is 5.69 Å². The van der Waals surface area contributed by atoms with Crippen molar-refractivity contribution in [1.29, 1.82) is 16.1 Å². The molecule has 1 aromatic heterocycles. The fraction of sp³-hybridized carbons (Fsp3) is 0.0909. The normalized spacial score (nSPS) is 10.3. The molecule has 9 heteroatoms. The van der Waals surface area contributed by atoms with Crippen LogP contribution >= 0.6 is 23.2 Å². The molecule has 3 rings (SSSR count). The Bertz CT molecular complexity index is 1210. The van der Waals surface area contributed by atoms with Crippen molar-refractivity contribution in [2.45, 2.75) is 13.3 Å². The standard InChI is InChI=1S/C22H15Cl2FN4O2/c1-12-2-3-15(11-29-12)22(28)31-19(27)8-14-4-5-18(24)21(20(14)25)30-17-7-13(10-26)6-16(23)9-17/h2-7,9,11,27-28H,8H2,1H3. The van der Waals surface area contributed by atoms with E-state index in [4.69, 9.17) is 48.8 Å². The van der Waals surface area contributed by atoms with E-state index >= 15 is 4.39 Å². The summed E-state index contributed by atoms with van der Waals surface area (Å²) in [5.41, 5.74) is 1.51. The number of ether oxygens (including phenoxy) is 2. The van der Waals surface area contributed by atoms with Crippen molar-refractivity contribution in [2.75, 3.05) is 0 Å². The van der Waals surface area contributed by atoms with Gasteiger partial charge in [-0.15, -0.1) is 0 Å². The molecule has 0 spiro atoms. The van der Waals surface area contributed by atoms with Crippen LogP contribution in [0.15, 0.2) is 48.7 Å². The zero-order valence-electron chi connectivity index (χ0n) is 16.2. The van der Waals surface area contributed by atoms with Gasteiger partial charge in [0, 0.05) is 22.5 Å². The Kier molecular flexibility index (Phi) is 6.85. The lowest BCUT2D eigenvalue weighted by Crippen LogP contribution is -2.15. The minimum Gasteiger partial charge on any atom is -0.453 e. The van der Waals surface area contributed by atoms with Crippen molar-refractivity contribution in [3.8, 4) is 17.6 Å². The molecule has 3 aromatic rings. The zero-order chi connectivity index (χ0) is 22.5. The molecule has 6 nitrogen and oxygen atoms in total. The van der Waals surface area contributed by atoms with Crippen molar-refractivity contribution in [2.24, 2.45) is 0 Å². The van der Waals surface area contributed by atoms with E-state index in [1.165, 1.54) is 36.5 Å². The van der Waals surface area contributed by atoms with Gasteiger partial charge in [-0.1, -0.05) is 29.3 Å². The van der Waals surface area contributed by atoms with Crippen LogP contribution in [0, 0.1) is 34.9 Å². The predicted octanol–water partition coefficient (Wildman–Crippen LogP) is 6.06. The number of nitrogens with zero attached hydrogens (tertiary/aromatic N) is 2. The maximum atomic E-state index is 15.0. The van der Waals surface area contributed by atoms with Gasteiger partial charge < -0.3 is 9.47 Å². The van der Waals surface area contributed by atoms with Crippen LogP contribution in [0.3, 0.4) is 0 Å². The number of benzene rings is 2. The van der Waals surface area contributed by atoms with Gasteiger partial charge in [-0.2, -0.15) is 5.26 Å². The molecular weight excluding hydrogens is 442 g/mol. The smallest absolute Gasteiger partial charge is 0.222 e. The highest BCUT2D eigenvalue weighted by atomic mass is 35.5. The van der Waals surface area contributed by atoms with E-state index < -0.39 is 5.82 Å².